The normalized spacial score (nSPS) is 15.6. The molecule has 0 aliphatic carbocycles. The second-order valence-corrected chi connectivity index (χ2v) is 10.5. The molecule has 192 valence electrons. The number of aliphatic imine (C=N–C) groups is 1. The number of hydrogen-bond donors (Lipinski definition) is 3. The number of aliphatic hydroxyl groups is 1. The first-order valence-electron chi connectivity index (χ1n) is 12.2. The Hall–Kier alpha value is -3.60. The molecule has 0 amide bonds. The molecule has 0 spiro atoms. The summed E-state index contributed by atoms with van der Waals surface area (Å²) in [7, 11) is 0. The van der Waals surface area contributed by atoms with Gasteiger partial charge in [-0.2, -0.15) is 0 Å². The van der Waals surface area contributed by atoms with Crippen LogP contribution in [0.25, 0.3) is 26.7 Å². The van der Waals surface area contributed by atoms with E-state index in [4.69, 9.17) is 15.2 Å². The molecule has 5 rings (SSSR count). The summed E-state index contributed by atoms with van der Waals surface area (Å²) in [5.74, 6) is 1.31. The topological polar surface area (TPSA) is 128 Å². The van der Waals surface area contributed by atoms with Gasteiger partial charge >= 0.3 is 0 Å². The molecule has 1 aliphatic rings. The number of thiazole rings is 1. The fraction of sp³-hybridized carbons (Fsp3) is 0.333. The van der Waals surface area contributed by atoms with Crippen molar-refractivity contribution in [1.29, 1.82) is 0 Å². The highest BCUT2D eigenvalue weighted by Crippen LogP contribution is 2.36. The molecule has 4 aromatic rings. The molecule has 2 aromatic heterocycles. The summed E-state index contributed by atoms with van der Waals surface area (Å²) in [6.45, 7) is 5.00. The van der Waals surface area contributed by atoms with Crippen LogP contribution in [0.2, 0.25) is 0 Å². The summed E-state index contributed by atoms with van der Waals surface area (Å²) in [6.07, 6.45) is 6.32. The Morgan fingerprint density at radius 3 is 2.84 bits per heavy atom. The lowest BCUT2D eigenvalue weighted by molar-refractivity contribution is 0.0262. The van der Waals surface area contributed by atoms with E-state index in [-0.39, 0.29) is 12.6 Å². The number of fused-ring (bicyclic) bond motifs is 2. The minimum atomic E-state index is -0.910. The number of rotatable bonds is 8. The number of nitrogens with two attached hydrogens (primary N) is 1. The van der Waals surface area contributed by atoms with Crippen molar-refractivity contribution in [3.8, 4) is 5.75 Å². The van der Waals surface area contributed by atoms with Crippen LogP contribution in [0.4, 0.5) is 11.5 Å². The highest BCUT2D eigenvalue weighted by molar-refractivity contribution is 7.16. The zero-order valence-electron chi connectivity index (χ0n) is 20.8. The number of allylic oxidation sites excluding steroid dienone is 1. The first kappa shape index (κ1) is 25.1. The van der Waals surface area contributed by atoms with Gasteiger partial charge in [0.05, 0.1) is 52.0 Å². The average Bonchev–Trinajstić information content (AvgIpc) is 3.34. The summed E-state index contributed by atoms with van der Waals surface area (Å²) in [5, 5.41) is 14.3. The van der Waals surface area contributed by atoms with Crippen LogP contribution >= 0.6 is 11.3 Å². The minimum Gasteiger partial charge on any atom is -0.489 e. The van der Waals surface area contributed by atoms with Gasteiger partial charge < -0.3 is 25.6 Å². The van der Waals surface area contributed by atoms with E-state index < -0.39 is 5.60 Å². The Balaban J connectivity index is 1.56. The maximum absolute atomic E-state index is 10.0. The van der Waals surface area contributed by atoms with Gasteiger partial charge in [-0.15, -0.1) is 11.3 Å². The summed E-state index contributed by atoms with van der Waals surface area (Å²) < 4.78 is 13.2. The van der Waals surface area contributed by atoms with Gasteiger partial charge in [-0.1, -0.05) is 0 Å². The molecule has 10 heteroatoms. The number of nitrogens with zero attached hydrogens (tertiary/aromatic N) is 4. The number of anilines is 2. The number of hydrogen-bond acceptors (Lipinski definition) is 10. The van der Waals surface area contributed by atoms with Gasteiger partial charge in [0.2, 0.25) is 0 Å². The van der Waals surface area contributed by atoms with Crippen molar-refractivity contribution in [2.24, 2.45) is 10.7 Å². The smallest absolute Gasteiger partial charge is 0.145 e. The fourth-order valence-electron chi connectivity index (χ4n) is 4.13. The molecule has 0 radical (unpaired) electrons. The van der Waals surface area contributed by atoms with E-state index in [1.54, 1.807) is 31.4 Å². The SMILES string of the molecule is CC(C)(O)CN=CC(=CN)c1cc(OC2CCOCC2)c2c(Nc3ccc4ncsc4c3)ncnc2c1. The molecule has 9 nitrogen and oxygen atoms in total. The molecule has 1 saturated heterocycles. The molecule has 1 aliphatic heterocycles. The summed E-state index contributed by atoms with van der Waals surface area (Å²) in [6, 6.07) is 9.93. The standard InChI is InChI=1S/C27H30N6O3S/c1-27(2,34)14-29-13-18(12-28)17-9-22-25(23(10-17)36-20-5-7-35-8-6-20)26(31-15-30-22)33-19-3-4-21-24(11-19)37-16-32-21/h3-4,9-13,15-16,20,34H,5-8,14,28H2,1-2H3,(H,30,31,33). The summed E-state index contributed by atoms with van der Waals surface area (Å²) >= 11 is 1.59. The monoisotopic (exact) mass is 518 g/mol. The maximum Gasteiger partial charge on any atom is 0.145 e. The van der Waals surface area contributed by atoms with Crippen molar-refractivity contribution in [3.05, 3.63) is 53.9 Å². The molecule has 0 saturated carbocycles. The first-order valence-corrected chi connectivity index (χ1v) is 13.1. The van der Waals surface area contributed by atoms with Gasteiger partial charge in [-0.05, 0) is 49.7 Å². The number of nitrogens with one attached hydrogen (secondary N) is 1. The lowest BCUT2D eigenvalue weighted by Gasteiger charge is -2.25. The predicted molar refractivity (Wildman–Crippen MR) is 149 cm³/mol. The second kappa shape index (κ2) is 10.8. The van der Waals surface area contributed by atoms with Gasteiger partial charge in [0.25, 0.3) is 0 Å². The third kappa shape index (κ3) is 6.04. The van der Waals surface area contributed by atoms with Crippen LogP contribution in [-0.4, -0.2) is 57.7 Å². The molecule has 3 heterocycles. The highest BCUT2D eigenvalue weighted by atomic mass is 32.1. The van der Waals surface area contributed by atoms with Crippen LogP contribution in [0.15, 0.2) is 53.4 Å². The molecule has 1 fully saturated rings. The third-order valence-corrected chi connectivity index (χ3v) is 6.77. The van der Waals surface area contributed by atoms with Crippen molar-refractivity contribution < 1.29 is 14.6 Å². The molecule has 0 atom stereocenters. The van der Waals surface area contributed by atoms with Gasteiger partial charge in [0.15, 0.2) is 0 Å². The molecular weight excluding hydrogens is 488 g/mol. The Bertz CT molecular complexity index is 1450. The highest BCUT2D eigenvalue weighted by Gasteiger charge is 2.20. The molecule has 0 unspecified atom stereocenters. The quantitative estimate of drug-likeness (QED) is 0.287. The van der Waals surface area contributed by atoms with Crippen LogP contribution in [0.5, 0.6) is 5.75 Å². The predicted octanol–water partition coefficient (Wildman–Crippen LogP) is 4.68. The molecule has 0 bridgehead atoms. The third-order valence-electron chi connectivity index (χ3n) is 5.98. The van der Waals surface area contributed by atoms with Crippen molar-refractivity contribution in [2.45, 2.75) is 38.4 Å². The van der Waals surface area contributed by atoms with Gasteiger partial charge in [0.1, 0.15) is 24.0 Å². The Morgan fingerprint density at radius 1 is 1.22 bits per heavy atom. The van der Waals surface area contributed by atoms with E-state index >= 15 is 0 Å². The summed E-state index contributed by atoms with van der Waals surface area (Å²) in [4.78, 5) is 17.9. The Labute approximate surface area is 219 Å². The molecular formula is C27H30N6O3S. The van der Waals surface area contributed by atoms with Gasteiger partial charge in [-0.3, -0.25) is 4.99 Å². The minimum absolute atomic E-state index is 0.0166. The van der Waals surface area contributed by atoms with E-state index in [0.29, 0.717) is 35.9 Å². The van der Waals surface area contributed by atoms with Gasteiger partial charge in [-0.25, -0.2) is 15.0 Å². The van der Waals surface area contributed by atoms with Crippen molar-refractivity contribution in [3.63, 3.8) is 0 Å². The first-order chi connectivity index (χ1) is 17.9. The molecule has 2 aromatic carbocycles. The number of aromatic nitrogens is 3. The van der Waals surface area contributed by atoms with E-state index in [1.165, 1.54) is 12.5 Å². The largest absolute Gasteiger partial charge is 0.489 e. The van der Waals surface area contributed by atoms with Crippen molar-refractivity contribution in [2.75, 3.05) is 25.1 Å². The second-order valence-electron chi connectivity index (χ2n) is 9.58. The summed E-state index contributed by atoms with van der Waals surface area (Å²) in [5.41, 5.74) is 11.0. The number of benzene rings is 2. The van der Waals surface area contributed by atoms with Crippen molar-refractivity contribution >= 4 is 55.7 Å². The molecule has 4 N–H and O–H groups in total. The van der Waals surface area contributed by atoms with Crippen LogP contribution in [-0.2, 0) is 4.74 Å². The van der Waals surface area contributed by atoms with Crippen LogP contribution in [0.1, 0.15) is 32.3 Å². The van der Waals surface area contributed by atoms with E-state index in [1.807, 2.05) is 29.8 Å². The van der Waals surface area contributed by atoms with Gasteiger partial charge in [0, 0.05) is 36.5 Å². The lowest BCUT2D eigenvalue weighted by Crippen LogP contribution is -2.26. The van der Waals surface area contributed by atoms with Crippen molar-refractivity contribution in [1.82, 2.24) is 15.0 Å². The van der Waals surface area contributed by atoms with E-state index in [9.17, 15) is 5.11 Å². The number of ether oxygens (including phenoxy) is 2. The van der Waals surface area contributed by atoms with E-state index in [0.717, 1.165) is 39.7 Å². The van der Waals surface area contributed by atoms with Crippen LogP contribution in [0, 0.1) is 0 Å². The fourth-order valence-corrected chi connectivity index (χ4v) is 4.85. The molecule has 37 heavy (non-hydrogen) atoms. The average molecular weight is 519 g/mol. The Morgan fingerprint density at radius 2 is 2.05 bits per heavy atom. The zero-order chi connectivity index (χ0) is 25.8. The zero-order valence-corrected chi connectivity index (χ0v) is 21.7. The van der Waals surface area contributed by atoms with E-state index in [2.05, 4.69) is 31.3 Å². The van der Waals surface area contributed by atoms with Crippen LogP contribution < -0.4 is 15.8 Å². The lowest BCUT2D eigenvalue weighted by atomic mass is 10.0. The van der Waals surface area contributed by atoms with Crippen LogP contribution in [0.3, 0.4) is 0 Å². The maximum atomic E-state index is 10.0. The Kier molecular flexibility index (Phi) is 7.31.